The molecule has 2 fully saturated rings. The van der Waals surface area contributed by atoms with E-state index in [0.717, 1.165) is 42.6 Å². The number of rotatable bonds is 6. The second-order valence-electron chi connectivity index (χ2n) is 8.48. The number of thioether (sulfide) groups is 1. The van der Waals surface area contributed by atoms with Gasteiger partial charge in [-0.2, -0.15) is 0 Å². The number of morpholine rings is 1. The summed E-state index contributed by atoms with van der Waals surface area (Å²) in [6.45, 7) is 9.19. The summed E-state index contributed by atoms with van der Waals surface area (Å²) in [4.78, 5) is 30.8. The molecule has 0 aromatic heterocycles. The molecule has 7 nitrogen and oxygen atoms in total. The van der Waals surface area contributed by atoms with Gasteiger partial charge in [-0.05, 0) is 56.5 Å². The Bertz CT molecular complexity index is 769. The molecule has 2 unspecified atom stereocenters. The molecule has 1 aromatic rings. The van der Waals surface area contributed by atoms with E-state index in [9.17, 15) is 9.59 Å². The van der Waals surface area contributed by atoms with E-state index in [2.05, 4.69) is 27.4 Å². The fourth-order valence-electron chi connectivity index (χ4n) is 4.39. The van der Waals surface area contributed by atoms with Crippen molar-refractivity contribution in [1.82, 2.24) is 15.1 Å². The summed E-state index contributed by atoms with van der Waals surface area (Å²) >= 11 is 1.55. The summed E-state index contributed by atoms with van der Waals surface area (Å²) < 4.78 is 5.39. The van der Waals surface area contributed by atoms with Gasteiger partial charge >= 0.3 is 0 Å². The number of benzene rings is 1. The molecule has 0 spiro atoms. The lowest BCUT2D eigenvalue weighted by atomic mass is 10.0. The van der Waals surface area contributed by atoms with E-state index in [1.54, 1.807) is 17.8 Å². The zero-order valence-electron chi connectivity index (χ0n) is 17.7. The molecule has 0 saturated carbocycles. The molecule has 2 amide bonds. The summed E-state index contributed by atoms with van der Waals surface area (Å²) in [5.74, 6) is 0.668. The number of ether oxygens (including phenoxy) is 1. The van der Waals surface area contributed by atoms with Crippen LogP contribution in [0, 0.1) is 5.92 Å². The van der Waals surface area contributed by atoms with Gasteiger partial charge in [0.05, 0.1) is 18.9 Å². The minimum atomic E-state index is -0.237. The third-order valence-corrected chi connectivity index (χ3v) is 7.36. The number of nitrogens with zero attached hydrogens (tertiary/aromatic N) is 2. The minimum Gasteiger partial charge on any atom is -0.379 e. The van der Waals surface area contributed by atoms with E-state index in [0.29, 0.717) is 25.3 Å². The Kier molecular flexibility index (Phi) is 7.30. The highest BCUT2D eigenvalue weighted by molar-refractivity contribution is 8.00. The Morgan fingerprint density at radius 3 is 2.93 bits per heavy atom. The van der Waals surface area contributed by atoms with Gasteiger partial charge in [0.2, 0.25) is 0 Å². The fraction of sp³-hybridized carbons (Fsp3) is 0.636. The van der Waals surface area contributed by atoms with Crippen LogP contribution in [0.4, 0.5) is 5.69 Å². The number of carbonyl (C=O) groups is 2. The maximum Gasteiger partial charge on any atom is 0.252 e. The number of piperidine rings is 1. The first kappa shape index (κ1) is 21.6. The summed E-state index contributed by atoms with van der Waals surface area (Å²) in [6, 6.07) is 5.58. The Labute approximate surface area is 182 Å². The molecule has 3 aliphatic heterocycles. The molecule has 3 heterocycles. The van der Waals surface area contributed by atoms with Crippen molar-refractivity contribution in [3.63, 3.8) is 0 Å². The summed E-state index contributed by atoms with van der Waals surface area (Å²) in [6.07, 6.45) is 3.56. The monoisotopic (exact) mass is 432 g/mol. The van der Waals surface area contributed by atoms with Crippen molar-refractivity contribution in [2.45, 2.75) is 36.5 Å². The smallest absolute Gasteiger partial charge is 0.252 e. The van der Waals surface area contributed by atoms with Gasteiger partial charge in [-0.25, -0.2) is 0 Å². The van der Waals surface area contributed by atoms with E-state index < -0.39 is 0 Å². The Morgan fingerprint density at radius 2 is 2.13 bits per heavy atom. The van der Waals surface area contributed by atoms with Crippen LogP contribution in [-0.2, 0) is 9.53 Å². The van der Waals surface area contributed by atoms with Gasteiger partial charge in [0.25, 0.3) is 11.8 Å². The Morgan fingerprint density at radius 1 is 1.30 bits per heavy atom. The largest absolute Gasteiger partial charge is 0.379 e. The molecule has 2 N–H and O–H groups in total. The second-order valence-corrected chi connectivity index (χ2v) is 9.60. The van der Waals surface area contributed by atoms with Gasteiger partial charge in [0, 0.05) is 36.6 Å². The Hall–Kier alpha value is -1.61. The zero-order chi connectivity index (χ0) is 20.9. The maximum atomic E-state index is 12.6. The van der Waals surface area contributed by atoms with Crippen LogP contribution in [0.1, 0.15) is 36.5 Å². The van der Waals surface area contributed by atoms with Gasteiger partial charge in [-0.1, -0.05) is 18.7 Å². The van der Waals surface area contributed by atoms with Gasteiger partial charge in [0.1, 0.15) is 5.37 Å². The third kappa shape index (κ3) is 5.35. The first-order chi connectivity index (χ1) is 14.6. The zero-order valence-corrected chi connectivity index (χ0v) is 18.5. The predicted octanol–water partition coefficient (Wildman–Crippen LogP) is 2.24. The van der Waals surface area contributed by atoms with E-state index >= 15 is 0 Å². The van der Waals surface area contributed by atoms with Gasteiger partial charge in [0.15, 0.2) is 0 Å². The molecule has 2 atom stereocenters. The maximum absolute atomic E-state index is 12.6. The average molecular weight is 433 g/mol. The number of anilines is 1. The van der Waals surface area contributed by atoms with Crippen molar-refractivity contribution in [3.8, 4) is 0 Å². The minimum absolute atomic E-state index is 0.0253. The highest BCUT2D eigenvalue weighted by Crippen LogP contribution is 2.37. The van der Waals surface area contributed by atoms with Crippen molar-refractivity contribution in [2.75, 3.05) is 57.8 Å². The normalized spacial score (nSPS) is 25.4. The number of hydrogen-bond donors (Lipinski definition) is 2. The van der Waals surface area contributed by atoms with Gasteiger partial charge in [-0.3, -0.25) is 14.5 Å². The molecule has 8 heteroatoms. The van der Waals surface area contributed by atoms with Crippen molar-refractivity contribution >= 4 is 29.3 Å². The summed E-state index contributed by atoms with van der Waals surface area (Å²) in [5, 5.41) is 5.77. The molecule has 2 saturated heterocycles. The van der Waals surface area contributed by atoms with Crippen LogP contribution in [0.5, 0.6) is 0 Å². The fourth-order valence-corrected chi connectivity index (χ4v) is 5.54. The number of amides is 2. The van der Waals surface area contributed by atoms with Crippen molar-refractivity contribution in [2.24, 2.45) is 5.92 Å². The molecule has 164 valence electrons. The molecular weight excluding hydrogens is 400 g/mol. The number of carbonyl (C=O) groups excluding carboxylic acids is 2. The molecule has 0 aliphatic carbocycles. The quantitative estimate of drug-likeness (QED) is 0.672. The third-order valence-electron chi connectivity index (χ3n) is 6.02. The lowest BCUT2D eigenvalue weighted by Crippen LogP contribution is -2.48. The van der Waals surface area contributed by atoms with Crippen LogP contribution in [0.25, 0.3) is 0 Å². The molecule has 0 bridgehead atoms. The van der Waals surface area contributed by atoms with Crippen molar-refractivity contribution in [1.29, 1.82) is 0 Å². The van der Waals surface area contributed by atoms with Crippen LogP contribution >= 0.6 is 11.8 Å². The van der Waals surface area contributed by atoms with E-state index in [1.807, 2.05) is 12.1 Å². The highest BCUT2D eigenvalue weighted by atomic mass is 32.2. The molecule has 0 radical (unpaired) electrons. The van der Waals surface area contributed by atoms with E-state index in [4.69, 9.17) is 4.74 Å². The van der Waals surface area contributed by atoms with Gasteiger partial charge < -0.3 is 20.3 Å². The molecule has 4 rings (SSSR count). The number of hydrogen-bond acceptors (Lipinski definition) is 6. The van der Waals surface area contributed by atoms with Crippen LogP contribution in [-0.4, -0.2) is 79.5 Å². The molecule has 30 heavy (non-hydrogen) atoms. The number of likely N-dealkylation sites (tertiary alicyclic amines) is 1. The first-order valence-corrected chi connectivity index (χ1v) is 11.9. The van der Waals surface area contributed by atoms with Crippen LogP contribution < -0.4 is 10.6 Å². The van der Waals surface area contributed by atoms with Crippen molar-refractivity contribution < 1.29 is 14.3 Å². The van der Waals surface area contributed by atoms with E-state index in [-0.39, 0.29) is 17.2 Å². The summed E-state index contributed by atoms with van der Waals surface area (Å²) in [7, 11) is 0. The van der Waals surface area contributed by atoms with Gasteiger partial charge in [-0.15, -0.1) is 0 Å². The number of nitrogens with one attached hydrogen (secondary N) is 2. The number of fused-ring (bicyclic) bond motifs is 1. The van der Waals surface area contributed by atoms with Crippen LogP contribution in [0.15, 0.2) is 23.1 Å². The predicted molar refractivity (Wildman–Crippen MR) is 119 cm³/mol. The van der Waals surface area contributed by atoms with Crippen LogP contribution in [0.2, 0.25) is 0 Å². The highest BCUT2D eigenvalue weighted by Gasteiger charge is 2.33. The van der Waals surface area contributed by atoms with Crippen molar-refractivity contribution in [3.05, 3.63) is 23.8 Å². The standard InChI is InChI=1S/C22H32N4O3S/c1-16-4-2-8-25(15-16)9-3-7-23-20(27)17-5-6-19-18(14-17)24-21(28)22(30-19)26-10-12-29-13-11-26/h5-6,14,16,22H,2-4,7-13,15H2,1H3,(H,23,27)(H,24,28). The lowest BCUT2D eigenvalue weighted by molar-refractivity contribution is -0.119. The second kappa shape index (κ2) is 10.1. The molecular formula is C22H32N4O3S. The Balaban J connectivity index is 1.28. The first-order valence-electron chi connectivity index (χ1n) is 11.0. The SMILES string of the molecule is CC1CCCN(CCCNC(=O)c2ccc3c(c2)NC(=O)C(N2CCOCC2)S3)C1. The van der Waals surface area contributed by atoms with E-state index in [1.165, 1.54) is 25.9 Å². The topological polar surface area (TPSA) is 73.9 Å². The summed E-state index contributed by atoms with van der Waals surface area (Å²) in [5.41, 5.74) is 1.32. The average Bonchev–Trinajstić information content (AvgIpc) is 2.76. The van der Waals surface area contributed by atoms with Crippen LogP contribution in [0.3, 0.4) is 0 Å². The molecule has 3 aliphatic rings. The molecule has 1 aromatic carbocycles. The lowest BCUT2D eigenvalue weighted by Gasteiger charge is -2.35.